The molecular weight excluding hydrogens is 432 g/mol. The SMILES string of the molecule is C[C@H]1CCCN(C(=O)CSc2nc3c(sc4ncccc43)c(=O)n2C[C@@H]2CCCO2)C1. The van der Waals surface area contributed by atoms with Crippen molar-refractivity contribution in [3.05, 3.63) is 28.7 Å². The van der Waals surface area contributed by atoms with Gasteiger partial charge in [-0.3, -0.25) is 14.2 Å². The van der Waals surface area contributed by atoms with E-state index in [9.17, 15) is 9.59 Å². The normalized spacial score (nSPS) is 21.9. The van der Waals surface area contributed by atoms with Crippen LogP contribution in [0.2, 0.25) is 0 Å². The maximum Gasteiger partial charge on any atom is 0.272 e. The van der Waals surface area contributed by atoms with E-state index >= 15 is 0 Å². The van der Waals surface area contributed by atoms with E-state index in [1.165, 1.54) is 29.5 Å². The zero-order valence-corrected chi connectivity index (χ0v) is 19.2. The number of amides is 1. The number of aromatic nitrogens is 3. The minimum Gasteiger partial charge on any atom is -0.376 e. The van der Waals surface area contributed by atoms with E-state index in [0.717, 1.165) is 49.2 Å². The van der Waals surface area contributed by atoms with Crippen molar-refractivity contribution in [2.75, 3.05) is 25.4 Å². The predicted octanol–water partition coefficient (Wildman–Crippen LogP) is 3.54. The molecule has 0 aliphatic carbocycles. The molecule has 0 unspecified atom stereocenters. The third-order valence-corrected chi connectivity index (χ3v) is 8.11. The summed E-state index contributed by atoms with van der Waals surface area (Å²) in [6, 6.07) is 3.81. The Morgan fingerprint density at radius 3 is 3.06 bits per heavy atom. The molecule has 2 atom stereocenters. The molecule has 0 radical (unpaired) electrons. The molecule has 2 aliphatic heterocycles. The second-order valence-corrected chi connectivity index (χ2v) is 10.4. The Balaban J connectivity index is 1.48. The van der Waals surface area contributed by atoms with Crippen LogP contribution in [-0.4, -0.2) is 56.9 Å². The second kappa shape index (κ2) is 8.88. The summed E-state index contributed by atoms with van der Waals surface area (Å²) < 4.78 is 8.12. The van der Waals surface area contributed by atoms with Crippen LogP contribution in [0.5, 0.6) is 0 Å². The number of carbonyl (C=O) groups excluding carboxylic acids is 1. The Labute approximate surface area is 188 Å². The maximum absolute atomic E-state index is 13.4. The number of hydrogen-bond donors (Lipinski definition) is 0. The zero-order valence-electron chi connectivity index (χ0n) is 17.6. The number of likely N-dealkylation sites (tertiary alicyclic amines) is 1. The highest BCUT2D eigenvalue weighted by Gasteiger charge is 2.24. The molecule has 3 aromatic heterocycles. The van der Waals surface area contributed by atoms with E-state index in [1.807, 2.05) is 17.0 Å². The number of pyridine rings is 1. The maximum atomic E-state index is 13.4. The van der Waals surface area contributed by atoms with Gasteiger partial charge in [-0.2, -0.15) is 0 Å². The number of thiophene rings is 1. The first-order valence-electron chi connectivity index (χ1n) is 10.9. The molecular formula is C22H26N4O3S2. The third-order valence-electron chi connectivity index (χ3n) is 6.06. The highest BCUT2D eigenvalue weighted by atomic mass is 32.2. The van der Waals surface area contributed by atoms with Gasteiger partial charge < -0.3 is 9.64 Å². The molecule has 5 heterocycles. The summed E-state index contributed by atoms with van der Waals surface area (Å²) in [4.78, 5) is 38.3. The lowest BCUT2D eigenvalue weighted by atomic mass is 10.0. The van der Waals surface area contributed by atoms with Crippen molar-refractivity contribution in [2.45, 2.75) is 50.4 Å². The van der Waals surface area contributed by atoms with E-state index in [1.54, 1.807) is 10.8 Å². The van der Waals surface area contributed by atoms with Gasteiger partial charge in [0.05, 0.1) is 23.9 Å². The van der Waals surface area contributed by atoms with E-state index in [4.69, 9.17) is 9.72 Å². The van der Waals surface area contributed by atoms with Gasteiger partial charge in [0.15, 0.2) is 5.16 Å². The number of thioether (sulfide) groups is 1. The fourth-order valence-corrected chi connectivity index (χ4v) is 6.37. The molecule has 0 spiro atoms. The van der Waals surface area contributed by atoms with Crippen molar-refractivity contribution < 1.29 is 9.53 Å². The molecule has 2 aliphatic rings. The smallest absolute Gasteiger partial charge is 0.272 e. The summed E-state index contributed by atoms with van der Waals surface area (Å²) in [5.41, 5.74) is 0.619. The Morgan fingerprint density at radius 1 is 1.35 bits per heavy atom. The highest BCUT2D eigenvalue weighted by molar-refractivity contribution is 7.99. The molecule has 2 fully saturated rings. The molecule has 0 aromatic carbocycles. The average Bonchev–Trinajstić information content (AvgIpc) is 3.42. The molecule has 3 aromatic rings. The molecule has 0 bridgehead atoms. The van der Waals surface area contributed by atoms with Gasteiger partial charge in [-0.05, 0) is 43.7 Å². The number of piperidine rings is 1. The van der Waals surface area contributed by atoms with Gasteiger partial charge in [0, 0.05) is 31.3 Å². The fraction of sp³-hybridized carbons (Fsp3) is 0.545. The number of nitrogens with zero attached hydrogens (tertiary/aromatic N) is 4. The molecule has 0 N–H and O–H groups in total. The summed E-state index contributed by atoms with van der Waals surface area (Å²) in [6.45, 7) is 5.03. The number of fused-ring (bicyclic) bond motifs is 3. The van der Waals surface area contributed by atoms with Gasteiger partial charge in [-0.1, -0.05) is 18.7 Å². The molecule has 31 heavy (non-hydrogen) atoms. The number of rotatable bonds is 5. The second-order valence-electron chi connectivity index (χ2n) is 8.46. The van der Waals surface area contributed by atoms with E-state index in [2.05, 4.69) is 11.9 Å². The van der Waals surface area contributed by atoms with Crippen molar-refractivity contribution in [1.82, 2.24) is 19.4 Å². The van der Waals surface area contributed by atoms with E-state index in [-0.39, 0.29) is 23.3 Å². The van der Waals surface area contributed by atoms with Gasteiger partial charge in [0.2, 0.25) is 5.91 Å². The first-order chi connectivity index (χ1) is 15.1. The van der Waals surface area contributed by atoms with Crippen molar-refractivity contribution in [3.8, 4) is 0 Å². The molecule has 5 rings (SSSR count). The van der Waals surface area contributed by atoms with Crippen molar-refractivity contribution in [3.63, 3.8) is 0 Å². The van der Waals surface area contributed by atoms with Gasteiger partial charge in [-0.15, -0.1) is 11.3 Å². The Kier molecular flexibility index (Phi) is 5.99. The van der Waals surface area contributed by atoms with Crippen molar-refractivity contribution >= 4 is 49.4 Å². The van der Waals surface area contributed by atoms with Gasteiger partial charge in [0.25, 0.3) is 5.56 Å². The number of ether oxygens (including phenoxy) is 1. The molecule has 1 amide bonds. The number of hydrogen-bond acceptors (Lipinski definition) is 7. The van der Waals surface area contributed by atoms with Crippen LogP contribution >= 0.6 is 23.1 Å². The van der Waals surface area contributed by atoms with E-state index in [0.29, 0.717) is 27.8 Å². The molecule has 2 saturated heterocycles. The monoisotopic (exact) mass is 458 g/mol. The summed E-state index contributed by atoms with van der Waals surface area (Å²) in [5.74, 6) is 0.946. The van der Waals surface area contributed by atoms with Gasteiger partial charge in [-0.25, -0.2) is 9.97 Å². The molecule has 9 heteroatoms. The largest absolute Gasteiger partial charge is 0.376 e. The lowest BCUT2D eigenvalue weighted by Crippen LogP contribution is -2.40. The molecule has 0 saturated carbocycles. The third kappa shape index (κ3) is 4.23. The zero-order chi connectivity index (χ0) is 21.4. The van der Waals surface area contributed by atoms with Crippen LogP contribution in [0.1, 0.15) is 32.6 Å². The van der Waals surface area contributed by atoms with Gasteiger partial charge in [0.1, 0.15) is 9.53 Å². The van der Waals surface area contributed by atoms with Crippen LogP contribution in [0.3, 0.4) is 0 Å². The van der Waals surface area contributed by atoms with Crippen LogP contribution in [0, 0.1) is 5.92 Å². The summed E-state index contributed by atoms with van der Waals surface area (Å²) >= 11 is 2.75. The summed E-state index contributed by atoms with van der Waals surface area (Å²) in [6.07, 6.45) is 5.93. The Morgan fingerprint density at radius 2 is 2.26 bits per heavy atom. The van der Waals surface area contributed by atoms with Crippen molar-refractivity contribution in [1.29, 1.82) is 0 Å². The fourth-order valence-electron chi connectivity index (χ4n) is 4.44. The first-order valence-corrected chi connectivity index (χ1v) is 12.7. The first kappa shape index (κ1) is 20.9. The topological polar surface area (TPSA) is 77.3 Å². The van der Waals surface area contributed by atoms with Crippen molar-refractivity contribution in [2.24, 2.45) is 5.92 Å². The standard InChI is InChI=1S/C22H26N4O3S2/c1-14-5-3-9-25(11-14)17(27)13-30-22-24-18-16-7-2-8-23-20(16)31-19(18)21(28)26(22)12-15-6-4-10-29-15/h2,7-8,14-15H,3-6,9-13H2,1H3/t14-,15-/m0/s1. The van der Waals surface area contributed by atoms with Gasteiger partial charge >= 0.3 is 0 Å². The van der Waals surface area contributed by atoms with Crippen LogP contribution in [0.25, 0.3) is 20.4 Å². The van der Waals surface area contributed by atoms with Crippen LogP contribution in [0.15, 0.2) is 28.3 Å². The number of carbonyl (C=O) groups is 1. The van der Waals surface area contributed by atoms with Crippen LogP contribution in [-0.2, 0) is 16.1 Å². The lowest BCUT2D eigenvalue weighted by molar-refractivity contribution is -0.130. The Bertz CT molecular complexity index is 1170. The Hall–Kier alpha value is -1.97. The minimum atomic E-state index is -0.0648. The minimum absolute atomic E-state index is 0.0162. The van der Waals surface area contributed by atoms with Crippen LogP contribution < -0.4 is 5.56 Å². The molecule has 7 nitrogen and oxygen atoms in total. The van der Waals surface area contributed by atoms with E-state index < -0.39 is 0 Å². The average molecular weight is 459 g/mol. The summed E-state index contributed by atoms with van der Waals surface area (Å²) in [5, 5.41) is 1.48. The predicted molar refractivity (Wildman–Crippen MR) is 124 cm³/mol. The van der Waals surface area contributed by atoms with Crippen LogP contribution in [0.4, 0.5) is 0 Å². The summed E-state index contributed by atoms with van der Waals surface area (Å²) in [7, 11) is 0. The lowest BCUT2D eigenvalue weighted by Gasteiger charge is -2.30. The quantitative estimate of drug-likeness (QED) is 0.430. The molecule has 164 valence electrons. The highest BCUT2D eigenvalue weighted by Crippen LogP contribution is 2.31.